The summed E-state index contributed by atoms with van der Waals surface area (Å²) in [6.07, 6.45) is 8.60. The van der Waals surface area contributed by atoms with E-state index in [0.29, 0.717) is 5.92 Å². The highest BCUT2D eigenvalue weighted by Gasteiger charge is 2.65. The van der Waals surface area contributed by atoms with Gasteiger partial charge in [0.15, 0.2) is 0 Å². The van der Waals surface area contributed by atoms with Crippen molar-refractivity contribution in [1.29, 1.82) is 0 Å². The number of allylic oxidation sites excluding steroid dienone is 1. The van der Waals surface area contributed by atoms with Crippen molar-refractivity contribution in [1.82, 2.24) is 0 Å². The summed E-state index contributed by atoms with van der Waals surface area (Å²) in [4.78, 5) is 23.5. The third kappa shape index (κ3) is 3.40. The average molecular weight is 393 g/mol. The Kier molecular flexibility index (Phi) is 5.46. The van der Waals surface area contributed by atoms with Crippen LogP contribution in [0.5, 0.6) is 0 Å². The largest absolute Gasteiger partial charge is 0.469 e. The van der Waals surface area contributed by atoms with Crippen molar-refractivity contribution < 1.29 is 23.8 Å². The lowest BCUT2D eigenvalue weighted by atomic mass is 9.46. The number of rotatable bonds is 4. The van der Waals surface area contributed by atoms with E-state index in [0.717, 1.165) is 31.3 Å². The van der Waals surface area contributed by atoms with Crippen molar-refractivity contribution in [3.63, 3.8) is 0 Å². The van der Waals surface area contributed by atoms with E-state index in [1.54, 1.807) is 0 Å². The number of hydrogen-bond acceptors (Lipinski definition) is 5. The molecule has 1 spiro atoms. The Hall–Kier alpha value is -1.36. The Morgan fingerprint density at radius 3 is 2.50 bits per heavy atom. The summed E-state index contributed by atoms with van der Waals surface area (Å²) in [7, 11) is 1.42. The Morgan fingerprint density at radius 1 is 1.14 bits per heavy atom. The molecule has 4 unspecified atom stereocenters. The number of esters is 2. The van der Waals surface area contributed by atoms with Crippen LogP contribution < -0.4 is 0 Å². The van der Waals surface area contributed by atoms with E-state index in [4.69, 9.17) is 14.2 Å². The summed E-state index contributed by atoms with van der Waals surface area (Å²) < 4.78 is 17.3. The lowest BCUT2D eigenvalue weighted by Gasteiger charge is -2.61. The van der Waals surface area contributed by atoms with Crippen LogP contribution in [-0.2, 0) is 23.8 Å². The molecule has 0 N–H and O–H groups in total. The molecule has 4 atom stereocenters. The van der Waals surface area contributed by atoms with Gasteiger partial charge in [0.2, 0.25) is 0 Å². The van der Waals surface area contributed by atoms with Crippen molar-refractivity contribution in [3.8, 4) is 0 Å². The molecule has 0 aromatic carbocycles. The Bertz CT molecular complexity index is 680. The van der Waals surface area contributed by atoms with Crippen LogP contribution in [-0.4, -0.2) is 36.9 Å². The molecule has 0 radical (unpaired) electrons. The number of carbonyl (C=O) groups is 2. The third-order valence-electron chi connectivity index (χ3n) is 7.87. The minimum absolute atomic E-state index is 0.0487. The Labute approximate surface area is 169 Å². The minimum atomic E-state index is -0.561. The van der Waals surface area contributed by atoms with Gasteiger partial charge in [-0.2, -0.15) is 0 Å². The maximum atomic E-state index is 12.0. The predicted molar refractivity (Wildman–Crippen MR) is 107 cm³/mol. The summed E-state index contributed by atoms with van der Waals surface area (Å²) in [5, 5.41) is 0. The number of fused-ring (bicyclic) bond motifs is 2. The van der Waals surface area contributed by atoms with E-state index in [-0.39, 0.29) is 35.8 Å². The molecule has 1 heterocycles. The normalized spacial score (nSPS) is 39.2. The van der Waals surface area contributed by atoms with Crippen LogP contribution in [0.3, 0.4) is 0 Å². The van der Waals surface area contributed by atoms with Gasteiger partial charge < -0.3 is 14.2 Å². The van der Waals surface area contributed by atoms with Crippen molar-refractivity contribution in [3.05, 3.63) is 11.6 Å². The molecule has 0 amide bonds. The fourth-order valence-corrected chi connectivity index (χ4v) is 6.42. The summed E-state index contributed by atoms with van der Waals surface area (Å²) in [6, 6.07) is 0. The van der Waals surface area contributed by atoms with Crippen LogP contribution in [0.1, 0.15) is 79.6 Å². The number of methoxy groups -OCH3 is 1. The highest BCUT2D eigenvalue weighted by Crippen LogP contribution is 2.66. The standard InChI is InChI=1S/C23H36O5/c1-16(24)27-15-17-8-9-18-20(2,3)10-7-11-22(18,5)23(17)13-12-21(4,28-23)14-19(25)26-6/h8,18H,7,9-15H2,1-6H3. The molecule has 3 rings (SSSR count). The molecule has 158 valence electrons. The molecule has 0 aromatic heterocycles. The fourth-order valence-electron chi connectivity index (χ4n) is 6.42. The molecule has 1 saturated heterocycles. The Morgan fingerprint density at radius 2 is 1.86 bits per heavy atom. The zero-order valence-electron chi connectivity index (χ0n) is 18.4. The smallest absolute Gasteiger partial charge is 0.308 e. The molecule has 1 aliphatic heterocycles. The molecular formula is C23H36O5. The molecule has 3 aliphatic rings. The second kappa shape index (κ2) is 7.16. The molecule has 5 nitrogen and oxygen atoms in total. The van der Waals surface area contributed by atoms with E-state index in [2.05, 4.69) is 26.8 Å². The van der Waals surface area contributed by atoms with Crippen LogP contribution in [0.2, 0.25) is 0 Å². The maximum Gasteiger partial charge on any atom is 0.308 e. The van der Waals surface area contributed by atoms with Crippen LogP contribution in [0.15, 0.2) is 11.6 Å². The number of hydrogen-bond donors (Lipinski definition) is 0. The number of ether oxygens (including phenoxy) is 3. The molecule has 2 fully saturated rings. The van der Waals surface area contributed by atoms with E-state index >= 15 is 0 Å². The van der Waals surface area contributed by atoms with Crippen molar-refractivity contribution in [2.45, 2.75) is 90.8 Å². The summed E-state index contributed by atoms with van der Waals surface area (Å²) in [5.41, 5.74) is 0.203. The molecule has 28 heavy (non-hydrogen) atoms. The molecule has 5 heteroatoms. The van der Waals surface area contributed by atoms with Crippen molar-refractivity contribution in [2.24, 2.45) is 16.7 Å². The second-order valence-corrected chi connectivity index (χ2v) is 10.2. The van der Waals surface area contributed by atoms with Gasteiger partial charge in [-0.15, -0.1) is 0 Å². The van der Waals surface area contributed by atoms with E-state index in [1.807, 2.05) is 6.92 Å². The van der Waals surface area contributed by atoms with Gasteiger partial charge in [0.05, 0.1) is 24.7 Å². The molecule has 0 bridgehead atoms. The van der Waals surface area contributed by atoms with E-state index in [9.17, 15) is 9.59 Å². The van der Waals surface area contributed by atoms with Gasteiger partial charge in [0.1, 0.15) is 6.61 Å². The molecule has 2 aliphatic carbocycles. The number of carbonyl (C=O) groups excluding carboxylic acids is 2. The quantitative estimate of drug-likeness (QED) is 0.517. The maximum absolute atomic E-state index is 12.0. The first kappa shape index (κ1) is 21.4. The topological polar surface area (TPSA) is 61.8 Å². The summed E-state index contributed by atoms with van der Waals surface area (Å²) >= 11 is 0. The first-order chi connectivity index (χ1) is 13.0. The molecular weight excluding hydrogens is 356 g/mol. The zero-order valence-corrected chi connectivity index (χ0v) is 18.4. The fraction of sp³-hybridized carbons (Fsp3) is 0.826. The Balaban J connectivity index is 2.02. The average Bonchev–Trinajstić information content (AvgIpc) is 2.94. The van der Waals surface area contributed by atoms with Gasteiger partial charge in [-0.3, -0.25) is 9.59 Å². The van der Waals surface area contributed by atoms with Crippen LogP contribution in [0.25, 0.3) is 0 Å². The van der Waals surface area contributed by atoms with Crippen molar-refractivity contribution in [2.75, 3.05) is 13.7 Å². The van der Waals surface area contributed by atoms with E-state index < -0.39 is 11.2 Å². The van der Waals surface area contributed by atoms with Gasteiger partial charge in [0, 0.05) is 12.3 Å². The highest BCUT2D eigenvalue weighted by molar-refractivity contribution is 5.70. The van der Waals surface area contributed by atoms with Crippen LogP contribution in [0.4, 0.5) is 0 Å². The summed E-state index contributed by atoms with van der Waals surface area (Å²) in [6.45, 7) is 10.8. The lowest BCUT2D eigenvalue weighted by Crippen LogP contribution is -2.60. The monoisotopic (exact) mass is 392 g/mol. The van der Waals surface area contributed by atoms with Crippen LogP contribution in [0, 0.1) is 16.7 Å². The molecule has 0 aromatic rings. The summed E-state index contributed by atoms with van der Waals surface area (Å²) in [5.74, 6) is -0.0236. The molecule has 1 saturated carbocycles. The first-order valence-corrected chi connectivity index (χ1v) is 10.6. The van der Waals surface area contributed by atoms with E-state index in [1.165, 1.54) is 26.9 Å². The lowest BCUT2D eigenvalue weighted by molar-refractivity contribution is -0.196. The van der Waals surface area contributed by atoms with Gasteiger partial charge in [-0.05, 0) is 55.9 Å². The third-order valence-corrected chi connectivity index (χ3v) is 7.87. The highest BCUT2D eigenvalue weighted by atomic mass is 16.6. The second-order valence-electron chi connectivity index (χ2n) is 10.2. The van der Waals surface area contributed by atoms with Gasteiger partial charge in [-0.25, -0.2) is 0 Å². The van der Waals surface area contributed by atoms with Gasteiger partial charge >= 0.3 is 11.9 Å². The predicted octanol–water partition coefficient (Wildman–Crippen LogP) is 4.58. The van der Waals surface area contributed by atoms with Crippen molar-refractivity contribution >= 4 is 11.9 Å². The SMILES string of the molecule is COC(=O)CC1(C)CCC2(O1)C(COC(C)=O)=CCC1C(C)(C)CCCC12C. The first-order valence-electron chi connectivity index (χ1n) is 10.6. The van der Waals surface area contributed by atoms with Gasteiger partial charge in [0.25, 0.3) is 0 Å². The van der Waals surface area contributed by atoms with Crippen LogP contribution >= 0.6 is 0 Å². The zero-order chi connectivity index (χ0) is 20.8. The van der Waals surface area contributed by atoms with Gasteiger partial charge in [-0.1, -0.05) is 33.3 Å². The minimum Gasteiger partial charge on any atom is -0.469 e.